The van der Waals surface area contributed by atoms with Gasteiger partial charge in [0.1, 0.15) is 5.75 Å². The predicted molar refractivity (Wildman–Crippen MR) is 103 cm³/mol. The van der Waals surface area contributed by atoms with Gasteiger partial charge in [-0.3, -0.25) is 4.79 Å². The molecule has 1 amide bonds. The van der Waals surface area contributed by atoms with Crippen molar-refractivity contribution in [3.05, 3.63) is 60.0 Å². The molecule has 3 aromatic rings. The molecular weight excluding hydrogens is 394 g/mol. The van der Waals surface area contributed by atoms with Gasteiger partial charge in [-0.2, -0.15) is 0 Å². The molecule has 0 unspecified atom stereocenters. The Labute approximate surface area is 170 Å². The van der Waals surface area contributed by atoms with Gasteiger partial charge >= 0.3 is 11.9 Å². The maximum absolute atomic E-state index is 12.2. The molecule has 0 aliphatic heterocycles. The fourth-order valence-corrected chi connectivity index (χ4v) is 2.51. The number of anilines is 1. The summed E-state index contributed by atoms with van der Waals surface area (Å²) in [5.41, 5.74) is 1.11. The maximum atomic E-state index is 12.2. The van der Waals surface area contributed by atoms with Crippen LogP contribution in [0.1, 0.15) is 20.7 Å². The lowest BCUT2D eigenvalue weighted by molar-refractivity contribution is -0.118. The number of aromatic nitrogens is 2. The van der Waals surface area contributed by atoms with Gasteiger partial charge in [-0.25, -0.2) is 9.59 Å². The number of carbonyl (C=O) groups excluding carboxylic acids is 3. The van der Waals surface area contributed by atoms with E-state index in [-0.39, 0.29) is 23.4 Å². The van der Waals surface area contributed by atoms with Crippen molar-refractivity contribution in [2.45, 2.75) is 0 Å². The van der Waals surface area contributed by atoms with Gasteiger partial charge in [-0.15, -0.1) is 10.2 Å². The third-order valence-corrected chi connectivity index (χ3v) is 3.89. The van der Waals surface area contributed by atoms with Crippen molar-refractivity contribution in [3.8, 4) is 17.2 Å². The first-order chi connectivity index (χ1) is 14.5. The van der Waals surface area contributed by atoms with E-state index in [9.17, 15) is 14.4 Å². The van der Waals surface area contributed by atoms with Crippen LogP contribution < -0.4 is 10.1 Å². The van der Waals surface area contributed by atoms with Gasteiger partial charge in [0.2, 0.25) is 12.3 Å². The number of rotatable bonds is 7. The predicted octanol–water partition coefficient (Wildman–Crippen LogP) is 2.33. The van der Waals surface area contributed by atoms with Crippen molar-refractivity contribution >= 4 is 23.5 Å². The molecule has 10 nitrogen and oxygen atoms in total. The number of nitrogens with one attached hydrogen (secondary N) is 1. The van der Waals surface area contributed by atoms with E-state index in [0.29, 0.717) is 17.2 Å². The lowest BCUT2D eigenvalue weighted by Crippen LogP contribution is -2.21. The van der Waals surface area contributed by atoms with E-state index in [1.54, 1.807) is 24.3 Å². The molecule has 0 saturated carbocycles. The highest BCUT2D eigenvalue weighted by atomic mass is 16.5. The van der Waals surface area contributed by atoms with E-state index in [1.807, 2.05) is 0 Å². The van der Waals surface area contributed by atoms with Crippen molar-refractivity contribution in [2.24, 2.45) is 0 Å². The summed E-state index contributed by atoms with van der Waals surface area (Å²) in [5.74, 6) is -0.991. The second-order valence-electron chi connectivity index (χ2n) is 5.89. The van der Waals surface area contributed by atoms with Crippen LogP contribution in [0.4, 0.5) is 5.69 Å². The van der Waals surface area contributed by atoms with Gasteiger partial charge in [0.15, 0.2) is 6.61 Å². The van der Waals surface area contributed by atoms with Crippen LogP contribution in [0.3, 0.4) is 0 Å². The maximum Gasteiger partial charge on any atom is 0.337 e. The molecule has 1 aromatic heterocycles. The highest BCUT2D eigenvalue weighted by Gasteiger charge is 2.15. The molecule has 30 heavy (non-hydrogen) atoms. The normalized spacial score (nSPS) is 10.2. The molecule has 0 radical (unpaired) electrons. The van der Waals surface area contributed by atoms with E-state index in [2.05, 4.69) is 25.0 Å². The topological polar surface area (TPSA) is 130 Å². The van der Waals surface area contributed by atoms with E-state index in [0.717, 1.165) is 0 Å². The first-order valence-electron chi connectivity index (χ1n) is 8.61. The highest BCUT2D eigenvalue weighted by molar-refractivity contribution is 5.99. The zero-order valence-corrected chi connectivity index (χ0v) is 16.1. The van der Waals surface area contributed by atoms with Crippen LogP contribution >= 0.6 is 0 Å². The lowest BCUT2D eigenvalue weighted by atomic mass is 10.1. The van der Waals surface area contributed by atoms with Crippen molar-refractivity contribution < 1.29 is 33.0 Å². The Morgan fingerprint density at radius 2 is 1.60 bits per heavy atom. The zero-order valence-electron chi connectivity index (χ0n) is 16.1. The average molecular weight is 411 g/mol. The van der Waals surface area contributed by atoms with Crippen molar-refractivity contribution in [1.29, 1.82) is 0 Å². The summed E-state index contributed by atoms with van der Waals surface area (Å²) in [6.45, 7) is -0.296. The third kappa shape index (κ3) is 4.98. The monoisotopic (exact) mass is 411 g/mol. The zero-order chi connectivity index (χ0) is 21.5. The minimum atomic E-state index is -0.658. The molecule has 2 aromatic carbocycles. The average Bonchev–Trinajstić information content (AvgIpc) is 3.31. The van der Waals surface area contributed by atoms with Gasteiger partial charge in [-0.1, -0.05) is 0 Å². The van der Waals surface area contributed by atoms with Crippen LogP contribution in [0.2, 0.25) is 0 Å². The number of methoxy groups -OCH3 is 2. The van der Waals surface area contributed by atoms with Crippen LogP contribution in [0.15, 0.2) is 53.3 Å². The third-order valence-electron chi connectivity index (χ3n) is 3.89. The number of nitrogens with zero attached hydrogens (tertiary/aromatic N) is 2. The highest BCUT2D eigenvalue weighted by Crippen LogP contribution is 2.20. The smallest absolute Gasteiger partial charge is 0.337 e. The molecule has 0 aliphatic carbocycles. The minimum Gasteiger partial charge on any atom is -0.484 e. The quantitative estimate of drug-likeness (QED) is 0.582. The molecule has 1 N–H and O–H groups in total. The fourth-order valence-electron chi connectivity index (χ4n) is 2.51. The number of amides is 1. The number of hydrogen-bond acceptors (Lipinski definition) is 9. The first kappa shape index (κ1) is 20.5. The summed E-state index contributed by atoms with van der Waals surface area (Å²) >= 11 is 0. The fraction of sp³-hybridized carbons (Fsp3) is 0.150. The molecule has 1 heterocycles. The standard InChI is InChI=1S/C20H17N3O7/c1-27-19(25)13-7-14(20(26)28-2)9-15(8-13)22-17(24)10-29-16-5-3-12(4-6-16)18-23-21-11-30-18/h3-9,11H,10H2,1-2H3,(H,22,24). The molecule has 3 rings (SSSR count). The molecule has 0 spiro atoms. The lowest BCUT2D eigenvalue weighted by Gasteiger charge is -2.10. The van der Waals surface area contributed by atoms with Crippen molar-refractivity contribution in [1.82, 2.24) is 10.2 Å². The Kier molecular flexibility index (Phi) is 6.38. The first-order valence-corrected chi connectivity index (χ1v) is 8.61. The van der Waals surface area contributed by atoms with E-state index in [1.165, 1.54) is 38.8 Å². The molecule has 0 aliphatic rings. The van der Waals surface area contributed by atoms with Crippen LogP contribution in [-0.4, -0.2) is 48.9 Å². The summed E-state index contributed by atoms with van der Waals surface area (Å²) in [7, 11) is 2.42. The van der Waals surface area contributed by atoms with Crippen LogP contribution in [-0.2, 0) is 14.3 Å². The molecule has 10 heteroatoms. The van der Waals surface area contributed by atoms with Crippen molar-refractivity contribution in [2.75, 3.05) is 26.1 Å². The van der Waals surface area contributed by atoms with Gasteiger partial charge in [0.05, 0.1) is 25.3 Å². The Hall–Kier alpha value is -4.21. The number of hydrogen-bond donors (Lipinski definition) is 1. The second-order valence-corrected chi connectivity index (χ2v) is 5.89. The van der Waals surface area contributed by atoms with Crippen molar-refractivity contribution in [3.63, 3.8) is 0 Å². The van der Waals surface area contributed by atoms with Gasteiger partial charge < -0.3 is 23.9 Å². The van der Waals surface area contributed by atoms with Crippen LogP contribution in [0, 0.1) is 0 Å². The summed E-state index contributed by atoms with van der Waals surface area (Å²) in [6, 6.07) is 10.8. The largest absolute Gasteiger partial charge is 0.484 e. The molecule has 0 fully saturated rings. The molecule has 0 saturated heterocycles. The summed E-state index contributed by atoms with van der Waals surface area (Å²) in [5, 5.41) is 9.98. The van der Waals surface area contributed by atoms with Crippen LogP contribution in [0.25, 0.3) is 11.5 Å². The Morgan fingerprint density at radius 1 is 0.967 bits per heavy atom. The number of benzene rings is 2. The van der Waals surface area contributed by atoms with Gasteiger partial charge in [0.25, 0.3) is 5.91 Å². The molecule has 0 bridgehead atoms. The molecule has 0 atom stereocenters. The Morgan fingerprint density at radius 3 is 2.13 bits per heavy atom. The SMILES string of the molecule is COC(=O)c1cc(NC(=O)COc2ccc(-c3nnco3)cc2)cc(C(=O)OC)c1. The van der Waals surface area contributed by atoms with Gasteiger partial charge in [-0.05, 0) is 42.5 Å². The van der Waals surface area contributed by atoms with E-state index in [4.69, 9.17) is 9.15 Å². The summed E-state index contributed by atoms with van der Waals surface area (Å²) in [4.78, 5) is 35.9. The Bertz CT molecular complexity index is 1010. The molecular formula is C20H17N3O7. The van der Waals surface area contributed by atoms with E-state index < -0.39 is 17.8 Å². The minimum absolute atomic E-state index is 0.0910. The second kappa shape index (κ2) is 9.32. The molecule has 154 valence electrons. The summed E-state index contributed by atoms with van der Waals surface area (Å²) < 4.78 is 19.9. The van der Waals surface area contributed by atoms with E-state index >= 15 is 0 Å². The van der Waals surface area contributed by atoms with Crippen LogP contribution in [0.5, 0.6) is 5.75 Å². The number of esters is 2. The number of carbonyl (C=O) groups is 3. The number of ether oxygens (including phenoxy) is 3. The Balaban J connectivity index is 1.65. The summed E-state index contributed by atoms with van der Waals surface area (Å²) in [6.07, 6.45) is 1.23. The van der Waals surface area contributed by atoms with Gasteiger partial charge in [0, 0.05) is 11.3 Å².